The number of anilines is 2. The number of hydrogen-bond acceptors (Lipinski definition) is 6. The molecule has 0 amide bonds. The van der Waals surface area contributed by atoms with Gasteiger partial charge in [0.25, 0.3) is 0 Å². The number of pyridine rings is 1. The Morgan fingerprint density at radius 2 is 2.07 bits per heavy atom. The molecule has 1 aromatic carbocycles. The highest BCUT2D eigenvalue weighted by molar-refractivity contribution is 7.77. The van der Waals surface area contributed by atoms with Crippen molar-refractivity contribution >= 4 is 45.5 Å². The van der Waals surface area contributed by atoms with Crippen LogP contribution in [0.15, 0.2) is 49.2 Å². The molecule has 0 aliphatic heterocycles. The van der Waals surface area contributed by atoms with Crippen LogP contribution in [0.5, 0.6) is 0 Å². The van der Waals surface area contributed by atoms with Crippen LogP contribution in [0, 0.1) is 0 Å². The molecule has 1 atom stereocenters. The lowest BCUT2D eigenvalue weighted by Gasteiger charge is -2.13. The Kier molecular flexibility index (Phi) is 6.29. The number of aromatic nitrogens is 5. The minimum atomic E-state index is -2.00. The minimum Gasteiger partial charge on any atom is -0.341 e. The summed E-state index contributed by atoms with van der Waals surface area (Å²) >= 11 is 4.41. The predicted molar refractivity (Wildman–Crippen MR) is 117 cm³/mol. The fourth-order valence-corrected chi connectivity index (χ4v) is 3.55. The maximum atomic E-state index is 10.7. The summed E-state index contributed by atoms with van der Waals surface area (Å²) in [5, 5.41) is 3.86. The number of nitrogens with zero attached hydrogens (tertiary/aromatic N) is 4. The van der Waals surface area contributed by atoms with Crippen LogP contribution in [-0.2, 0) is 17.7 Å². The van der Waals surface area contributed by atoms with Gasteiger partial charge in [0.1, 0.15) is 23.4 Å². The van der Waals surface area contributed by atoms with Crippen molar-refractivity contribution in [3.05, 3.63) is 59.8 Å². The largest absolute Gasteiger partial charge is 0.341 e. The fourth-order valence-electron chi connectivity index (χ4n) is 3.07. The number of benzene rings is 1. The Morgan fingerprint density at radius 3 is 2.93 bits per heavy atom. The molecule has 0 spiro atoms. The monoisotopic (exact) mass is 443 g/mol. The third-order valence-electron chi connectivity index (χ3n) is 4.44. The van der Waals surface area contributed by atoms with Crippen molar-refractivity contribution in [2.75, 3.05) is 11.9 Å². The third-order valence-corrected chi connectivity index (χ3v) is 5.22. The summed E-state index contributed by atoms with van der Waals surface area (Å²) in [7, 11) is 0. The molecular weight excluding hydrogens is 426 g/mol. The van der Waals surface area contributed by atoms with Gasteiger partial charge in [-0.3, -0.25) is 4.55 Å². The van der Waals surface area contributed by atoms with Gasteiger partial charge in [0.05, 0.1) is 17.0 Å². The Labute approximate surface area is 179 Å². The summed E-state index contributed by atoms with van der Waals surface area (Å²) < 4.78 is 21.9. The summed E-state index contributed by atoms with van der Waals surface area (Å²) in [6, 6.07) is 9.44. The predicted octanol–water partition coefficient (Wildman–Crippen LogP) is 3.47. The minimum absolute atomic E-state index is 0.437. The zero-order chi connectivity index (χ0) is 20.9. The molecule has 0 aliphatic rings. The van der Waals surface area contributed by atoms with Gasteiger partial charge in [-0.2, -0.15) is 0 Å². The van der Waals surface area contributed by atoms with E-state index in [2.05, 4.69) is 35.0 Å². The average molecular weight is 444 g/mol. The molecule has 0 saturated carbocycles. The standard InChI is InChI=1S/C19H18ClN7O2S/c20-14-6-5-12(3-1-8-26-30(28)29)9-15(14)27-18-13(4-2-7-21-18)16-17-19(24-10-22-16)25-11-23-17/h2,4-7,9-11,26H,1,3,8H2,(H,21,27)(H,28,29)(H,22,23,24,25). The molecule has 4 N–H and O–H groups in total. The number of rotatable bonds is 8. The Balaban J connectivity index is 1.60. The van der Waals surface area contributed by atoms with Crippen LogP contribution in [0.4, 0.5) is 11.5 Å². The van der Waals surface area contributed by atoms with Crippen molar-refractivity contribution in [2.45, 2.75) is 12.8 Å². The number of fused-ring (bicyclic) bond motifs is 1. The first kappa shape index (κ1) is 20.4. The van der Waals surface area contributed by atoms with E-state index in [4.69, 9.17) is 16.2 Å². The van der Waals surface area contributed by atoms with Gasteiger partial charge in [0.2, 0.25) is 11.3 Å². The summed E-state index contributed by atoms with van der Waals surface area (Å²) in [6.45, 7) is 0.437. The lowest BCUT2D eigenvalue weighted by Crippen LogP contribution is -2.17. The van der Waals surface area contributed by atoms with E-state index in [0.29, 0.717) is 40.8 Å². The van der Waals surface area contributed by atoms with E-state index in [-0.39, 0.29) is 0 Å². The van der Waals surface area contributed by atoms with Crippen molar-refractivity contribution in [2.24, 2.45) is 0 Å². The number of nitrogens with one attached hydrogen (secondary N) is 3. The number of imidazole rings is 1. The van der Waals surface area contributed by atoms with E-state index in [1.807, 2.05) is 30.3 Å². The lowest BCUT2D eigenvalue weighted by atomic mass is 10.1. The van der Waals surface area contributed by atoms with Gasteiger partial charge in [0.15, 0.2) is 5.65 Å². The number of aryl methyl sites for hydroxylation is 1. The molecule has 3 heterocycles. The molecule has 11 heteroatoms. The van der Waals surface area contributed by atoms with Crippen LogP contribution < -0.4 is 10.0 Å². The summed E-state index contributed by atoms with van der Waals surface area (Å²) in [5.74, 6) is 0.600. The highest BCUT2D eigenvalue weighted by Crippen LogP contribution is 2.33. The van der Waals surface area contributed by atoms with E-state index in [1.165, 1.54) is 6.33 Å². The van der Waals surface area contributed by atoms with Crippen molar-refractivity contribution in [3.63, 3.8) is 0 Å². The molecule has 0 fully saturated rings. The van der Waals surface area contributed by atoms with Gasteiger partial charge in [0, 0.05) is 18.3 Å². The van der Waals surface area contributed by atoms with Gasteiger partial charge in [-0.25, -0.2) is 28.9 Å². The smallest absolute Gasteiger partial charge is 0.231 e. The van der Waals surface area contributed by atoms with E-state index < -0.39 is 11.3 Å². The topological polar surface area (TPSA) is 129 Å². The summed E-state index contributed by atoms with van der Waals surface area (Å²) in [6.07, 6.45) is 6.17. The van der Waals surface area contributed by atoms with Gasteiger partial charge in [-0.1, -0.05) is 17.7 Å². The molecule has 4 rings (SSSR count). The summed E-state index contributed by atoms with van der Waals surface area (Å²) in [5.41, 5.74) is 4.52. The molecule has 3 aromatic heterocycles. The zero-order valence-corrected chi connectivity index (χ0v) is 17.2. The molecule has 0 aliphatic carbocycles. The van der Waals surface area contributed by atoms with Gasteiger partial charge in [-0.15, -0.1) is 0 Å². The number of halogens is 1. The zero-order valence-electron chi connectivity index (χ0n) is 15.7. The highest BCUT2D eigenvalue weighted by atomic mass is 35.5. The maximum absolute atomic E-state index is 10.7. The molecule has 1 unspecified atom stereocenters. The van der Waals surface area contributed by atoms with Gasteiger partial charge in [-0.05, 0) is 42.7 Å². The van der Waals surface area contributed by atoms with Crippen LogP contribution in [0.1, 0.15) is 12.0 Å². The number of H-pyrrole nitrogens is 1. The fraction of sp³-hybridized carbons (Fsp3) is 0.158. The lowest BCUT2D eigenvalue weighted by molar-refractivity contribution is 0.547. The molecule has 9 nitrogen and oxygen atoms in total. The first-order valence-electron chi connectivity index (χ1n) is 9.11. The van der Waals surface area contributed by atoms with Crippen molar-refractivity contribution in [1.82, 2.24) is 29.6 Å². The van der Waals surface area contributed by atoms with E-state index in [9.17, 15) is 4.21 Å². The quantitative estimate of drug-likeness (QED) is 0.242. The van der Waals surface area contributed by atoms with Crippen molar-refractivity contribution < 1.29 is 8.76 Å². The second-order valence-electron chi connectivity index (χ2n) is 6.41. The third kappa shape index (κ3) is 4.62. The van der Waals surface area contributed by atoms with Crippen molar-refractivity contribution in [1.29, 1.82) is 0 Å². The van der Waals surface area contributed by atoms with Crippen LogP contribution in [-0.4, -0.2) is 40.2 Å². The molecule has 0 radical (unpaired) electrons. The maximum Gasteiger partial charge on any atom is 0.231 e. The van der Waals surface area contributed by atoms with Crippen LogP contribution in [0.3, 0.4) is 0 Å². The molecular formula is C19H18ClN7O2S. The van der Waals surface area contributed by atoms with E-state index in [0.717, 1.165) is 23.1 Å². The Morgan fingerprint density at radius 1 is 1.17 bits per heavy atom. The Bertz CT molecular complexity index is 1200. The van der Waals surface area contributed by atoms with Crippen LogP contribution in [0.25, 0.3) is 22.4 Å². The van der Waals surface area contributed by atoms with Gasteiger partial charge >= 0.3 is 0 Å². The van der Waals surface area contributed by atoms with Crippen LogP contribution >= 0.6 is 11.6 Å². The van der Waals surface area contributed by atoms with Crippen molar-refractivity contribution in [3.8, 4) is 11.3 Å². The molecule has 0 bridgehead atoms. The van der Waals surface area contributed by atoms with Gasteiger partial charge < -0.3 is 10.3 Å². The normalized spacial score (nSPS) is 12.2. The summed E-state index contributed by atoms with van der Waals surface area (Å²) in [4.78, 5) is 20.3. The van der Waals surface area contributed by atoms with E-state index >= 15 is 0 Å². The number of aromatic amines is 1. The molecule has 4 aromatic rings. The average Bonchev–Trinajstić information content (AvgIpc) is 3.23. The SMILES string of the molecule is O=S(O)NCCCc1ccc(Cl)c(Nc2ncccc2-c2ncnc3nc[nH]c23)c1. The first-order chi connectivity index (χ1) is 14.6. The molecule has 30 heavy (non-hydrogen) atoms. The second-order valence-corrected chi connectivity index (χ2v) is 7.60. The van der Waals surface area contributed by atoms with Crippen LogP contribution in [0.2, 0.25) is 5.02 Å². The highest BCUT2D eigenvalue weighted by Gasteiger charge is 2.14. The molecule has 154 valence electrons. The van der Waals surface area contributed by atoms with E-state index in [1.54, 1.807) is 12.5 Å². The number of hydrogen-bond donors (Lipinski definition) is 4. The molecule has 0 saturated heterocycles. The Hall–Kier alpha value is -2.92. The second kappa shape index (κ2) is 9.26. The first-order valence-corrected chi connectivity index (χ1v) is 10.6.